The van der Waals surface area contributed by atoms with Crippen molar-refractivity contribution in [3.63, 3.8) is 0 Å². The maximum atomic E-state index is 6.11. The number of allylic oxidation sites excluding steroid dienone is 8. The second kappa shape index (κ2) is 19.1. The molecular weight excluding hydrogens is 689 g/mol. The molecule has 1 aliphatic heterocycles. The lowest BCUT2D eigenvalue weighted by Gasteiger charge is -2.27. The van der Waals surface area contributed by atoms with Gasteiger partial charge in [0.1, 0.15) is 17.7 Å². The highest BCUT2D eigenvalue weighted by atomic mass is 16.5. The number of benzene rings is 4. The molecule has 4 aromatic carbocycles. The van der Waals surface area contributed by atoms with Gasteiger partial charge in [-0.25, -0.2) is 9.98 Å². The van der Waals surface area contributed by atoms with Crippen LogP contribution in [0.3, 0.4) is 0 Å². The summed E-state index contributed by atoms with van der Waals surface area (Å²) in [7, 11) is 0. The Morgan fingerprint density at radius 3 is 2.07 bits per heavy atom. The molecule has 0 saturated carbocycles. The third-order valence-corrected chi connectivity index (χ3v) is 9.51. The molecule has 5 aromatic rings. The van der Waals surface area contributed by atoms with Crippen molar-refractivity contribution in [2.45, 2.75) is 46.3 Å². The monoisotopic (exact) mass is 738 g/mol. The molecule has 0 spiro atoms. The van der Waals surface area contributed by atoms with E-state index >= 15 is 0 Å². The van der Waals surface area contributed by atoms with E-state index in [0.29, 0.717) is 24.8 Å². The second-order valence-corrected chi connectivity index (χ2v) is 13.2. The normalized spacial score (nSPS) is 16.5. The summed E-state index contributed by atoms with van der Waals surface area (Å²) in [4.78, 5) is 13.9. The Kier molecular flexibility index (Phi) is 13.3. The molecule has 0 radical (unpaired) electrons. The number of oxazole rings is 1. The van der Waals surface area contributed by atoms with Gasteiger partial charge >= 0.3 is 0 Å². The Morgan fingerprint density at radius 2 is 1.43 bits per heavy atom. The van der Waals surface area contributed by atoms with E-state index in [4.69, 9.17) is 14.1 Å². The van der Waals surface area contributed by atoms with E-state index in [0.717, 1.165) is 56.3 Å². The molecule has 56 heavy (non-hydrogen) atoms. The molecule has 2 unspecified atom stereocenters. The summed E-state index contributed by atoms with van der Waals surface area (Å²) in [5.74, 6) is 1.37. The second-order valence-electron chi connectivity index (χ2n) is 13.2. The van der Waals surface area contributed by atoms with Crippen LogP contribution in [0.2, 0.25) is 0 Å². The Morgan fingerprint density at radius 1 is 0.750 bits per heavy atom. The zero-order valence-electron chi connectivity index (χ0n) is 32.8. The van der Waals surface area contributed by atoms with Crippen molar-refractivity contribution in [3.05, 3.63) is 206 Å². The van der Waals surface area contributed by atoms with Gasteiger partial charge in [-0.15, -0.1) is 0 Å². The van der Waals surface area contributed by atoms with Gasteiger partial charge in [-0.1, -0.05) is 116 Å². The summed E-state index contributed by atoms with van der Waals surface area (Å²) in [5.41, 5.74) is 9.98. The van der Waals surface area contributed by atoms with Crippen molar-refractivity contribution < 1.29 is 9.15 Å². The highest BCUT2D eigenvalue weighted by molar-refractivity contribution is 5.97. The lowest BCUT2D eigenvalue weighted by Crippen LogP contribution is -2.19. The minimum absolute atomic E-state index is 0.0172. The summed E-state index contributed by atoms with van der Waals surface area (Å²) in [6, 6.07) is 35.7. The van der Waals surface area contributed by atoms with E-state index in [1.54, 1.807) is 6.08 Å². The number of aromatic nitrogens is 1. The number of hydrogen-bond acceptors (Lipinski definition) is 6. The number of aliphatic imine (C=N–C) groups is 1. The average Bonchev–Trinajstić information content (AvgIpc) is 3.83. The molecule has 1 aromatic heterocycles. The molecule has 0 N–H and O–H groups in total. The Labute approximate surface area is 331 Å². The number of hydrogen-bond donors (Lipinski definition) is 0. The molecule has 2 heterocycles. The molecule has 6 heteroatoms. The SMILES string of the molecule is C=C/C=C(\C=C)N(C(/C=C\Cc1nc2ccccc2o1)=C/C)c1ccc(-c2ccc(N(C/C=C\C(=C/C)C3=NC(/C=C\C)C(C)O3)c3ccccc3)cc2)cc1. The van der Waals surface area contributed by atoms with Crippen LogP contribution in [0.4, 0.5) is 17.1 Å². The fourth-order valence-electron chi connectivity index (χ4n) is 6.63. The number of ether oxygens (including phenoxy) is 1. The topological polar surface area (TPSA) is 54.1 Å². The first-order valence-corrected chi connectivity index (χ1v) is 19.1. The van der Waals surface area contributed by atoms with Crippen LogP contribution >= 0.6 is 0 Å². The van der Waals surface area contributed by atoms with E-state index in [9.17, 15) is 0 Å². The van der Waals surface area contributed by atoms with Crippen LogP contribution in [0.25, 0.3) is 22.2 Å². The first kappa shape index (κ1) is 39.0. The van der Waals surface area contributed by atoms with Gasteiger partial charge in [0.2, 0.25) is 5.90 Å². The van der Waals surface area contributed by atoms with Crippen LogP contribution < -0.4 is 9.80 Å². The van der Waals surface area contributed by atoms with Gasteiger partial charge < -0.3 is 19.0 Å². The first-order valence-electron chi connectivity index (χ1n) is 19.1. The molecule has 6 rings (SSSR count). The third-order valence-electron chi connectivity index (χ3n) is 9.51. The number of fused-ring (bicyclic) bond motifs is 1. The number of anilines is 3. The van der Waals surface area contributed by atoms with Crippen LogP contribution in [0.5, 0.6) is 0 Å². The maximum Gasteiger partial charge on any atom is 0.216 e. The maximum absolute atomic E-state index is 6.11. The minimum Gasteiger partial charge on any atom is -0.472 e. The van der Waals surface area contributed by atoms with Crippen LogP contribution in [-0.4, -0.2) is 29.6 Å². The van der Waals surface area contributed by atoms with Crippen LogP contribution in [0, 0.1) is 0 Å². The van der Waals surface area contributed by atoms with Crippen molar-refractivity contribution in [2.24, 2.45) is 4.99 Å². The van der Waals surface area contributed by atoms with Gasteiger partial charge in [-0.2, -0.15) is 0 Å². The van der Waals surface area contributed by atoms with Crippen LogP contribution in [0.1, 0.15) is 33.6 Å². The smallest absolute Gasteiger partial charge is 0.216 e. The van der Waals surface area contributed by atoms with Gasteiger partial charge in [0, 0.05) is 47.0 Å². The standard InChI is InChI=1S/C50H50N4O2/c1-7-19-41(10-4)54(42(11-5)24-17-27-49-51-47-25-15-16-26-48(47)56-49)45-34-30-40(31-35-45)39-28-32-44(33-29-39)53(43-22-13-12-14-23-43)36-18-21-38(9-3)50-52-46(20-8-2)37(6)55-50/h7-26,28-35,37,46H,1,4,27,36H2,2-3,5-6H3/b20-8-,21-18-,24-17-,38-9+,41-19+,42-11+. The van der Waals surface area contributed by atoms with Crippen molar-refractivity contribution >= 4 is 34.1 Å². The van der Waals surface area contributed by atoms with Gasteiger partial charge in [-0.3, -0.25) is 0 Å². The predicted octanol–water partition coefficient (Wildman–Crippen LogP) is 12.7. The fraction of sp³-hybridized carbons (Fsp3) is 0.160. The summed E-state index contributed by atoms with van der Waals surface area (Å²) < 4.78 is 12.0. The van der Waals surface area contributed by atoms with Crippen molar-refractivity contribution in [2.75, 3.05) is 16.3 Å². The third kappa shape index (κ3) is 9.34. The van der Waals surface area contributed by atoms with Crippen LogP contribution in [-0.2, 0) is 11.2 Å². The summed E-state index contributed by atoms with van der Waals surface area (Å²) in [6.07, 6.45) is 22.9. The van der Waals surface area contributed by atoms with E-state index in [2.05, 4.69) is 150 Å². The molecule has 0 bridgehead atoms. The minimum atomic E-state index is 0.0172. The Balaban J connectivity index is 1.20. The molecule has 0 amide bonds. The van der Waals surface area contributed by atoms with Crippen molar-refractivity contribution in [3.8, 4) is 11.1 Å². The quantitative estimate of drug-likeness (QED) is 0.0745. The van der Waals surface area contributed by atoms with Crippen molar-refractivity contribution in [1.82, 2.24) is 4.98 Å². The molecule has 2 atom stereocenters. The number of rotatable bonds is 16. The van der Waals surface area contributed by atoms with E-state index < -0.39 is 0 Å². The average molecular weight is 739 g/mol. The van der Waals surface area contributed by atoms with Gasteiger partial charge in [0.25, 0.3) is 0 Å². The van der Waals surface area contributed by atoms with E-state index in [1.165, 1.54) is 0 Å². The largest absolute Gasteiger partial charge is 0.472 e. The molecular formula is C50H50N4O2. The predicted molar refractivity (Wildman–Crippen MR) is 236 cm³/mol. The highest BCUT2D eigenvalue weighted by Gasteiger charge is 2.26. The van der Waals surface area contributed by atoms with Crippen molar-refractivity contribution in [1.29, 1.82) is 0 Å². The molecule has 0 aliphatic carbocycles. The Bertz CT molecular complexity index is 2290. The molecule has 0 fully saturated rings. The lowest BCUT2D eigenvalue weighted by atomic mass is 10.0. The summed E-state index contributed by atoms with van der Waals surface area (Å²) >= 11 is 0. The summed E-state index contributed by atoms with van der Waals surface area (Å²) in [6.45, 7) is 16.9. The molecule has 282 valence electrons. The highest BCUT2D eigenvalue weighted by Crippen LogP contribution is 2.32. The summed E-state index contributed by atoms with van der Waals surface area (Å²) in [5, 5.41) is 0. The Hall–Kier alpha value is -6.66. The van der Waals surface area contributed by atoms with E-state index in [1.807, 2.05) is 69.3 Å². The molecule has 6 nitrogen and oxygen atoms in total. The first-order chi connectivity index (χ1) is 27.5. The fourth-order valence-corrected chi connectivity index (χ4v) is 6.63. The van der Waals surface area contributed by atoms with Crippen LogP contribution in [0.15, 0.2) is 209 Å². The van der Waals surface area contributed by atoms with Gasteiger partial charge in [-0.05, 0) is 106 Å². The number of para-hydroxylation sites is 3. The lowest BCUT2D eigenvalue weighted by molar-refractivity contribution is 0.227. The van der Waals surface area contributed by atoms with E-state index in [-0.39, 0.29) is 12.1 Å². The molecule has 1 aliphatic rings. The zero-order chi connectivity index (χ0) is 39.3. The van der Waals surface area contributed by atoms with Gasteiger partial charge in [0.05, 0.1) is 0 Å². The molecule has 0 saturated heterocycles. The zero-order valence-corrected chi connectivity index (χ0v) is 32.8. The number of nitrogens with zero attached hydrogens (tertiary/aromatic N) is 4. The van der Waals surface area contributed by atoms with Gasteiger partial charge in [0.15, 0.2) is 11.5 Å².